The lowest BCUT2D eigenvalue weighted by atomic mass is 9.81. The van der Waals surface area contributed by atoms with Crippen molar-refractivity contribution in [2.45, 2.75) is 40.0 Å². The maximum atomic E-state index is 2.40. The Labute approximate surface area is 149 Å². The normalized spacial score (nSPS) is 12.2. The van der Waals surface area contributed by atoms with Crippen molar-refractivity contribution in [3.05, 3.63) is 77.4 Å². The second kappa shape index (κ2) is 5.49. The first-order valence-corrected chi connectivity index (χ1v) is 8.98. The molecule has 0 bridgehead atoms. The van der Waals surface area contributed by atoms with Crippen molar-refractivity contribution in [3.63, 3.8) is 0 Å². The van der Waals surface area contributed by atoms with Gasteiger partial charge in [-0.15, -0.1) is 0 Å². The third-order valence-electron chi connectivity index (χ3n) is 5.11. The lowest BCUT2D eigenvalue weighted by Crippen LogP contribution is -2.15. The standard InChI is InChI=1S/C24H25N/c1-16-14-18(15-17(2)23(16)24(3,4)5)25-21-12-8-6-10-19(21)20-11-7-9-13-22(20)25/h6-15H,1-5H3. The van der Waals surface area contributed by atoms with Crippen LogP contribution in [0.2, 0.25) is 0 Å². The molecule has 0 atom stereocenters. The molecular weight excluding hydrogens is 302 g/mol. The van der Waals surface area contributed by atoms with Crippen LogP contribution < -0.4 is 0 Å². The average molecular weight is 327 g/mol. The van der Waals surface area contributed by atoms with Gasteiger partial charge < -0.3 is 4.57 Å². The van der Waals surface area contributed by atoms with E-state index in [0.29, 0.717) is 0 Å². The molecule has 0 aliphatic heterocycles. The van der Waals surface area contributed by atoms with Gasteiger partial charge in [0.05, 0.1) is 11.0 Å². The Morgan fingerprint density at radius 3 is 1.56 bits per heavy atom. The summed E-state index contributed by atoms with van der Waals surface area (Å²) >= 11 is 0. The fourth-order valence-electron chi connectivity index (χ4n) is 4.45. The van der Waals surface area contributed by atoms with Crippen LogP contribution in [0.3, 0.4) is 0 Å². The first-order chi connectivity index (χ1) is 11.9. The number of hydrogen-bond acceptors (Lipinski definition) is 0. The molecule has 0 aliphatic rings. The van der Waals surface area contributed by atoms with Crippen molar-refractivity contribution in [2.24, 2.45) is 0 Å². The molecule has 1 heteroatoms. The molecule has 0 fully saturated rings. The molecule has 0 aliphatic carbocycles. The van der Waals surface area contributed by atoms with Crippen LogP contribution in [0, 0.1) is 13.8 Å². The van der Waals surface area contributed by atoms with Crippen LogP contribution in [-0.2, 0) is 5.41 Å². The lowest BCUT2D eigenvalue weighted by molar-refractivity contribution is 0.582. The van der Waals surface area contributed by atoms with E-state index < -0.39 is 0 Å². The SMILES string of the molecule is Cc1cc(-n2c3ccccc3c3ccccc32)cc(C)c1C(C)(C)C. The van der Waals surface area contributed by atoms with E-state index in [4.69, 9.17) is 0 Å². The van der Waals surface area contributed by atoms with E-state index in [-0.39, 0.29) is 5.41 Å². The molecule has 126 valence electrons. The molecule has 1 nitrogen and oxygen atoms in total. The minimum Gasteiger partial charge on any atom is -0.309 e. The Morgan fingerprint density at radius 1 is 0.680 bits per heavy atom. The van der Waals surface area contributed by atoms with E-state index in [1.807, 2.05) is 0 Å². The zero-order chi connectivity index (χ0) is 17.8. The van der Waals surface area contributed by atoms with Gasteiger partial charge in [0.1, 0.15) is 0 Å². The number of fused-ring (bicyclic) bond motifs is 3. The minimum atomic E-state index is 0.160. The van der Waals surface area contributed by atoms with Crippen LogP contribution in [0.15, 0.2) is 60.7 Å². The minimum absolute atomic E-state index is 0.160. The van der Waals surface area contributed by atoms with Crippen LogP contribution in [0.25, 0.3) is 27.5 Å². The Bertz CT molecular complexity index is 1010. The third-order valence-corrected chi connectivity index (χ3v) is 5.11. The monoisotopic (exact) mass is 327 g/mol. The fraction of sp³-hybridized carbons (Fsp3) is 0.250. The zero-order valence-electron chi connectivity index (χ0n) is 15.7. The highest BCUT2D eigenvalue weighted by atomic mass is 15.0. The van der Waals surface area contributed by atoms with Gasteiger partial charge in [-0.25, -0.2) is 0 Å². The Kier molecular flexibility index (Phi) is 3.50. The summed E-state index contributed by atoms with van der Waals surface area (Å²) in [6.45, 7) is 11.4. The predicted octanol–water partition coefficient (Wildman–Crippen LogP) is 6.70. The lowest BCUT2D eigenvalue weighted by Gasteiger charge is -2.25. The highest BCUT2D eigenvalue weighted by molar-refractivity contribution is 6.09. The zero-order valence-corrected chi connectivity index (χ0v) is 15.7. The molecule has 0 N–H and O–H groups in total. The van der Waals surface area contributed by atoms with Gasteiger partial charge in [-0.2, -0.15) is 0 Å². The summed E-state index contributed by atoms with van der Waals surface area (Å²) in [6.07, 6.45) is 0. The number of benzene rings is 3. The van der Waals surface area contributed by atoms with Crippen molar-refractivity contribution in [1.29, 1.82) is 0 Å². The summed E-state index contributed by atoms with van der Waals surface area (Å²) in [6, 6.07) is 22.1. The van der Waals surface area contributed by atoms with Crippen molar-refractivity contribution < 1.29 is 0 Å². The summed E-state index contributed by atoms with van der Waals surface area (Å²) in [5.74, 6) is 0. The Morgan fingerprint density at radius 2 is 1.12 bits per heavy atom. The smallest absolute Gasteiger partial charge is 0.0541 e. The van der Waals surface area contributed by atoms with Crippen molar-refractivity contribution in [3.8, 4) is 5.69 Å². The molecule has 0 radical (unpaired) electrons. The maximum absolute atomic E-state index is 2.40. The van der Waals surface area contributed by atoms with E-state index in [1.165, 1.54) is 44.2 Å². The molecule has 1 aromatic heterocycles. The van der Waals surface area contributed by atoms with E-state index in [2.05, 4.69) is 99.8 Å². The van der Waals surface area contributed by atoms with Gasteiger partial charge in [-0.1, -0.05) is 57.2 Å². The Hall–Kier alpha value is -2.54. The molecule has 0 unspecified atom stereocenters. The molecule has 0 saturated heterocycles. The number of aromatic nitrogens is 1. The van der Waals surface area contributed by atoms with Crippen LogP contribution in [0.5, 0.6) is 0 Å². The average Bonchev–Trinajstić information content (AvgIpc) is 2.87. The van der Waals surface area contributed by atoms with Gasteiger partial charge in [0, 0.05) is 16.5 Å². The fourth-order valence-corrected chi connectivity index (χ4v) is 4.45. The van der Waals surface area contributed by atoms with Gasteiger partial charge in [-0.3, -0.25) is 0 Å². The molecule has 0 amide bonds. The maximum Gasteiger partial charge on any atom is 0.0541 e. The number of hydrogen-bond donors (Lipinski definition) is 0. The van der Waals surface area contributed by atoms with Crippen LogP contribution >= 0.6 is 0 Å². The first-order valence-electron chi connectivity index (χ1n) is 8.98. The summed E-state index contributed by atoms with van der Waals surface area (Å²) < 4.78 is 2.40. The quantitative estimate of drug-likeness (QED) is 0.366. The molecule has 4 aromatic rings. The topological polar surface area (TPSA) is 4.93 Å². The largest absolute Gasteiger partial charge is 0.309 e. The second-order valence-corrected chi connectivity index (χ2v) is 8.07. The predicted molar refractivity (Wildman–Crippen MR) is 109 cm³/mol. The summed E-state index contributed by atoms with van der Waals surface area (Å²) in [7, 11) is 0. The third kappa shape index (κ3) is 2.46. The van der Waals surface area contributed by atoms with Crippen molar-refractivity contribution >= 4 is 21.8 Å². The second-order valence-electron chi connectivity index (χ2n) is 8.07. The van der Waals surface area contributed by atoms with Crippen molar-refractivity contribution in [1.82, 2.24) is 4.57 Å². The molecule has 0 saturated carbocycles. The molecule has 1 heterocycles. The van der Waals surface area contributed by atoms with Crippen LogP contribution in [0.4, 0.5) is 0 Å². The van der Waals surface area contributed by atoms with E-state index >= 15 is 0 Å². The number of nitrogens with zero attached hydrogens (tertiary/aromatic N) is 1. The molecule has 3 aromatic carbocycles. The summed E-state index contributed by atoms with van der Waals surface area (Å²) in [5.41, 5.74) is 8.14. The molecular formula is C24H25N. The van der Waals surface area contributed by atoms with Crippen molar-refractivity contribution in [2.75, 3.05) is 0 Å². The highest BCUT2D eigenvalue weighted by Gasteiger charge is 2.20. The van der Waals surface area contributed by atoms with Crippen LogP contribution in [-0.4, -0.2) is 4.57 Å². The summed E-state index contributed by atoms with van der Waals surface area (Å²) in [4.78, 5) is 0. The molecule has 25 heavy (non-hydrogen) atoms. The number of aryl methyl sites for hydroxylation is 2. The molecule has 4 rings (SSSR count). The van der Waals surface area contributed by atoms with Crippen LogP contribution in [0.1, 0.15) is 37.5 Å². The number of para-hydroxylation sites is 2. The number of rotatable bonds is 1. The first kappa shape index (κ1) is 16.0. The molecule has 0 spiro atoms. The van der Waals surface area contributed by atoms with E-state index in [0.717, 1.165) is 0 Å². The van der Waals surface area contributed by atoms with E-state index in [9.17, 15) is 0 Å². The van der Waals surface area contributed by atoms with Gasteiger partial charge in [0.25, 0.3) is 0 Å². The van der Waals surface area contributed by atoms with E-state index in [1.54, 1.807) is 0 Å². The van der Waals surface area contributed by atoms with Gasteiger partial charge >= 0.3 is 0 Å². The van der Waals surface area contributed by atoms with Gasteiger partial charge in [0.15, 0.2) is 0 Å². The highest BCUT2D eigenvalue weighted by Crippen LogP contribution is 2.35. The van der Waals surface area contributed by atoms with Gasteiger partial charge in [0.2, 0.25) is 0 Å². The summed E-state index contributed by atoms with van der Waals surface area (Å²) in [5, 5.41) is 2.63. The van der Waals surface area contributed by atoms with Gasteiger partial charge in [-0.05, 0) is 60.2 Å². The Balaban J connectivity index is 2.08.